The van der Waals surface area contributed by atoms with E-state index in [1.54, 1.807) is 0 Å². The molecule has 3 N–H and O–H groups in total. The summed E-state index contributed by atoms with van der Waals surface area (Å²) in [4.78, 5) is 0. The molecular formula is C13H20ClNO3. The Morgan fingerprint density at radius 2 is 1.78 bits per heavy atom. The molecule has 0 unspecified atom stereocenters. The van der Waals surface area contributed by atoms with Crippen LogP contribution in [0.4, 0.5) is 0 Å². The van der Waals surface area contributed by atoms with Gasteiger partial charge in [0.1, 0.15) is 13.2 Å². The first kappa shape index (κ1) is 15.1. The van der Waals surface area contributed by atoms with E-state index >= 15 is 0 Å². The van der Waals surface area contributed by atoms with Gasteiger partial charge in [0, 0.05) is 0 Å². The van der Waals surface area contributed by atoms with Crippen molar-refractivity contribution < 1.29 is 14.6 Å². The van der Waals surface area contributed by atoms with Crippen LogP contribution in [0.2, 0.25) is 0 Å². The number of halogens is 1. The van der Waals surface area contributed by atoms with E-state index in [2.05, 4.69) is 0 Å². The molecule has 4 nitrogen and oxygen atoms in total. The molecule has 2 rings (SSSR count). The van der Waals surface area contributed by atoms with Gasteiger partial charge in [-0.15, -0.1) is 12.4 Å². The average Bonchev–Trinajstić information content (AvgIpc) is 2.36. The molecule has 0 radical (unpaired) electrons. The molecule has 0 bridgehead atoms. The van der Waals surface area contributed by atoms with Crippen LogP contribution in [0.25, 0.3) is 0 Å². The Morgan fingerprint density at radius 1 is 1.17 bits per heavy atom. The number of fused-ring (bicyclic) bond motifs is 1. The topological polar surface area (TPSA) is 64.7 Å². The number of aliphatic hydroxyl groups excluding tert-OH is 1. The smallest absolute Gasteiger partial charge is 0.161 e. The van der Waals surface area contributed by atoms with Gasteiger partial charge >= 0.3 is 0 Å². The van der Waals surface area contributed by atoms with E-state index in [1.165, 1.54) is 0 Å². The summed E-state index contributed by atoms with van der Waals surface area (Å²) in [5.74, 6) is 1.57. The normalized spacial score (nSPS) is 16.9. The van der Waals surface area contributed by atoms with E-state index in [9.17, 15) is 5.11 Å². The van der Waals surface area contributed by atoms with Gasteiger partial charge in [-0.1, -0.05) is 19.9 Å². The molecule has 102 valence electrons. The standard InChI is InChI=1S/C13H19NO3.ClH/c1-8(2)13(15)12(14)9-3-4-10-11(7-9)17-6-5-16-10;/h3-4,7-8,12-13,15H,5-6,14H2,1-2H3;1H/t12-,13+;/m1./s1. The fraction of sp³-hybridized carbons (Fsp3) is 0.538. The first-order valence-corrected chi connectivity index (χ1v) is 5.93. The molecule has 0 saturated carbocycles. The van der Waals surface area contributed by atoms with Gasteiger partial charge in [0.2, 0.25) is 0 Å². The van der Waals surface area contributed by atoms with Crippen molar-refractivity contribution in [2.75, 3.05) is 13.2 Å². The number of benzene rings is 1. The van der Waals surface area contributed by atoms with Gasteiger partial charge in [-0.2, -0.15) is 0 Å². The molecule has 0 aliphatic carbocycles. The maximum Gasteiger partial charge on any atom is 0.161 e. The zero-order valence-electron chi connectivity index (χ0n) is 10.6. The fourth-order valence-electron chi connectivity index (χ4n) is 1.88. The predicted molar refractivity (Wildman–Crippen MR) is 72.5 cm³/mol. The van der Waals surface area contributed by atoms with Gasteiger partial charge in [0.25, 0.3) is 0 Å². The summed E-state index contributed by atoms with van der Waals surface area (Å²) in [7, 11) is 0. The van der Waals surface area contributed by atoms with Crippen molar-refractivity contribution in [1.29, 1.82) is 0 Å². The van der Waals surface area contributed by atoms with E-state index < -0.39 is 12.1 Å². The van der Waals surface area contributed by atoms with Gasteiger partial charge in [0.15, 0.2) is 11.5 Å². The Hall–Kier alpha value is -0.970. The van der Waals surface area contributed by atoms with Crippen LogP contribution in [-0.2, 0) is 0 Å². The van der Waals surface area contributed by atoms with Crippen LogP contribution in [0, 0.1) is 5.92 Å². The predicted octanol–water partition coefficient (Wildman–Crippen LogP) is 1.90. The molecule has 1 heterocycles. The van der Waals surface area contributed by atoms with Crippen LogP contribution in [0.1, 0.15) is 25.5 Å². The third-order valence-corrected chi connectivity index (χ3v) is 3.00. The lowest BCUT2D eigenvalue weighted by Crippen LogP contribution is -2.30. The molecule has 0 amide bonds. The number of nitrogens with two attached hydrogens (primary N) is 1. The van der Waals surface area contributed by atoms with Crippen molar-refractivity contribution in [2.45, 2.75) is 26.0 Å². The molecule has 0 fully saturated rings. The van der Waals surface area contributed by atoms with Crippen LogP contribution in [0.5, 0.6) is 11.5 Å². The fourth-order valence-corrected chi connectivity index (χ4v) is 1.88. The van der Waals surface area contributed by atoms with Crippen LogP contribution >= 0.6 is 12.4 Å². The number of hydrogen-bond donors (Lipinski definition) is 2. The minimum absolute atomic E-state index is 0. The highest BCUT2D eigenvalue weighted by Gasteiger charge is 2.22. The second kappa shape index (κ2) is 6.27. The van der Waals surface area contributed by atoms with Crippen LogP contribution in [-0.4, -0.2) is 24.4 Å². The van der Waals surface area contributed by atoms with Gasteiger partial charge in [0.05, 0.1) is 12.1 Å². The molecule has 5 heteroatoms. The number of aliphatic hydroxyl groups is 1. The van der Waals surface area contributed by atoms with E-state index in [0.717, 1.165) is 11.3 Å². The Labute approximate surface area is 113 Å². The van der Waals surface area contributed by atoms with Gasteiger partial charge in [-0.3, -0.25) is 0 Å². The Bertz CT molecular complexity index is 398. The van der Waals surface area contributed by atoms with Crippen LogP contribution < -0.4 is 15.2 Å². The van der Waals surface area contributed by atoms with E-state index in [1.807, 2.05) is 32.0 Å². The molecule has 1 aliphatic rings. The van der Waals surface area contributed by atoms with Crippen molar-refractivity contribution in [2.24, 2.45) is 11.7 Å². The SMILES string of the molecule is CC(C)[C@H](O)[C@H](N)c1ccc2c(c1)OCCO2.Cl. The molecule has 1 aromatic carbocycles. The second-order valence-corrected chi connectivity index (χ2v) is 4.66. The quantitative estimate of drug-likeness (QED) is 0.883. The minimum Gasteiger partial charge on any atom is -0.486 e. The highest BCUT2D eigenvalue weighted by molar-refractivity contribution is 5.85. The Kier molecular flexibility index (Phi) is 5.26. The van der Waals surface area contributed by atoms with E-state index in [-0.39, 0.29) is 18.3 Å². The van der Waals surface area contributed by atoms with E-state index in [4.69, 9.17) is 15.2 Å². The summed E-state index contributed by atoms with van der Waals surface area (Å²) in [6.45, 7) is 5.02. The molecular weight excluding hydrogens is 254 g/mol. The van der Waals surface area contributed by atoms with Crippen molar-refractivity contribution in [1.82, 2.24) is 0 Å². The second-order valence-electron chi connectivity index (χ2n) is 4.66. The van der Waals surface area contributed by atoms with E-state index in [0.29, 0.717) is 19.0 Å². The Balaban J connectivity index is 0.00000162. The highest BCUT2D eigenvalue weighted by Crippen LogP contribution is 2.33. The van der Waals surface area contributed by atoms with Crippen molar-refractivity contribution in [3.8, 4) is 11.5 Å². The zero-order chi connectivity index (χ0) is 12.4. The lowest BCUT2D eigenvalue weighted by atomic mass is 9.94. The summed E-state index contributed by atoms with van der Waals surface area (Å²) in [5.41, 5.74) is 6.90. The van der Waals surface area contributed by atoms with Crippen LogP contribution in [0.15, 0.2) is 18.2 Å². The zero-order valence-corrected chi connectivity index (χ0v) is 11.4. The third kappa shape index (κ3) is 3.07. The minimum atomic E-state index is -0.558. The Morgan fingerprint density at radius 3 is 2.39 bits per heavy atom. The highest BCUT2D eigenvalue weighted by atomic mass is 35.5. The molecule has 0 spiro atoms. The lowest BCUT2D eigenvalue weighted by Gasteiger charge is -2.24. The first-order valence-electron chi connectivity index (χ1n) is 5.93. The molecule has 0 saturated heterocycles. The monoisotopic (exact) mass is 273 g/mol. The molecule has 1 aromatic rings. The molecule has 1 aliphatic heterocycles. The average molecular weight is 274 g/mol. The summed E-state index contributed by atoms with van der Waals surface area (Å²) in [6, 6.07) is 5.18. The summed E-state index contributed by atoms with van der Waals surface area (Å²) in [5, 5.41) is 9.96. The molecule has 0 aromatic heterocycles. The largest absolute Gasteiger partial charge is 0.486 e. The van der Waals surface area contributed by atoms with Gasteiger partial charge in [-0.05, 0) is 23.6 Å². The number of rotatable bonds is 3. The maximum atomic E-state index is 9.96. The lowest BCUT2D eigenvalue weighted by molar-refractivity contribution is 0.0976. The third-order valence-electron chi connectivity index (χ3n) is 3.00. The number of hydrogen-bond acceptors (Lipinski definition) is 4. The van der Waals surface area contributed by atoms with Gasteiger partial charge < -0.3 is 20.3 Å². The number of ether oxygens (including phenoxy) is 2. The van der Waals surface area contributed by atoms with Gasteiger partial charge in [-0.25, -0.2) is 0 Å². The van der Waals surface area contributed by atoms with Crippen LogP contribution in [0.3, 0.4) is 0 Å². The maximum absolute atomic E-state index is 9.96. The summed E-state index contributed by atoms with van der Waals surface area (Å²) in [6.07, 6.45) is -0.558. The summed E-state index contributed by atoms with van der Waals surface area (Å²) >= 11 is 0. The summed E-state index contributed by atoms with van der Waals surface area (Å²) < 4.78 is 10.9. The van der Waals surface area contributed by atoms with Crippen molar-refractivity contribution in [3.05, 3.63) is 23.8 Å². The van der Waals surface area contributed by atoms with Crippen molar-refractivity contribution in [3.63, 3.8) is 0 Å². The molecule has 2 atom stereocenters. The molecule has 18 heavy (non-hydrogen) atoms. The van der Waals surface area contributed by atoms with Crippen molar-refractivity contribution >= 4 is 12.4 Å². The first-order chi connectivity index (χ1) is 8.09.